The largest absolute Gasteiger partial charge is 0.314 e. The van der Waals surface area contributed by atoms with Gasteiger partial charge in [-0.3, -0.25) is 4.98 Å². The van der Waals surface area contributed by atoms with Gasteiger partial charge in [-0.05, 0) is 62.4 Å². The van der Waals surface area contributed by atoms with Crippen molar-refractivity contribution >= 4 is 10.9 Å². The third-order valence-electron chi connectivity index (χ3n) is 4.01. The van der Waals surface area contributed by atoms with E-state index in [0.717, 1.165) is 23.8 Å². The van der Waals surface area contributed by atoms with Crippen molar-refractivity contribution < 1.29 is 0 Å². The molecule has 1 atom stereocenters. The molecule has 0 spiro atoms. The third kappa shape index (κ3) is 3.13. The molecule has 0 amide bonds. The van der Waals surface area contributed by atoms with Crippen LogP contribution < -0.4 is 5.32 Å². The van der Waals surface area contributed by atoms with Crippen molar-refractivity contribution in [2.24, 2.45) is 0 Å². The molecule has 2 aromatic rings. The van der Waals surface area contributed by atoms with Gasteiger partial charge in [0, 0.05) is 17.1 Å². The number of fused-ring (bicyclic) bond motifs is 1. The Balaban J connectivity index is 1.70. The Morgan fingerprint density at radius 1 is 1.26 bits per heavy atom. The number of rotatable bonds is 5. The van der Waals surface area contributed by atoms with Crippen LogP contribution in [0.25, 0.3) is 10.9 Å². The standard InChI is InChI=1S/C17H22N2/c1-12(9-10-18-16-6-7-16)14-5-8-17-15(11-14)4-3-13(2)19-17/h3-5,8,11-12,16,18H,6-7,9-10H2,1-2H3. The van der Waals surface area contributed by atoms with Crippen LogP contribution in [0.3, 0.4) is 0 Å². The molecule has 0 saturated heterocycles. The Hall–Kier alpha value is -1.41. The summed E-state index contributed by atoms with van der Waals surface area (Å²) < 4.78 is 0. The van der Waals surface area contributed by atoms with Crippen LogP contribution >= 0.6 is 0 Å². The van der Waals surface area contributed by atoms with Crippen LogP contribution in [0.4, 0.5) is 0 Å². The van der Waals surface area contributed by atoms with Gasteiger partial charge in [0.2, 0.25) is 0 Å². The van der Waals surface area contributed by atoms with Crippen molar-refractivity contribution in [1.82, 2.24) is 10.3 Å². The molecule has 1 aliphatic carbocycles. The molecule has 1 fully saturated rings. The highest BCUT2D eigenvalue weighted by molar-refractivity contribution is 5.79. The molecule has 19 heavy (non-hydrogen) atoms. The van der Waals surface area contributed by atoms with Gasteiger partial charge in [0.15, 0.2) is 0 Å². The Morgan fingerprint density at radius 2 is 2.11 bits per heavy atom. The first-order valence-electron chi connectivity index (χ1n) is 7.33. The predicted molar refractivity (Wildman–Crippen MR) is 80.5 cm³/mol. The smallest absolute Gasteiger partial charge is 0.0705 e. The molecule has 1 saturated carbocycles. The second-order valence-electron chi connectivity index (χ2n) is 5.82. The first-order chi connectivity index (χ1) is 9.22. The Labute approximate surface area is 115 Å². The molecular weight excluding hydrogens is 232 g/mol. The molecule has 3 rings (SSSR count). The average molecular weight is 254 g/mol. The molecule has 100 valence electrons. The normalized spacial score (nSPS) is 16.7. The van der Waals surface area contributed by atoms with E-state index in [1.54, 1.807) is 0 Å². The molecule has 0 radical (unpaired) electrons. The fourth-order valence-electron chi connectivity index (χ4n) is 2.51. The van der Waals surface area contributed by atoms with E-state index in [9.17, 15) is 0 Å². The van der Waals surface area contributed by atoms with Gasteiger partial charge in [-0.25, -0.2) is 0 Å². The van der Waals surface area contributed by atoms with Crippen molar-refractivity contribution in [2.75, 3.05) is 6.54 Å². The molecule has 1 N–H and O–H groups in total. The van der Waals surface area contributed by atoms with E-state index in [4.69, 9.17) is 0 Å². The van der Waals surface area contributed by atoms with Crippen LogP contribution in [0, 0.1) is 6.92 Å². The van der Waals surface area contributed by atoms with Crippen molar-refractivity contribution in [3.05, 3.63) is 41.6 Å². The third-order valence-corrected chi connectivity index (χ3v) is 4.01. The molecule has 2 nitrogen and oxygen atoms in total. The maximum absolute atomic E-state index is 4.56. The average Bonchev–Trinajstić information content (AvgIpc) is 3.22. The zero-order chi connectivity index (χ0) is 13.2. The monoisotopic (exact) mass is 254 g/mol. The minimum Gasteiger partial charge on any atom is -0.314 e. The summed E-state index contributed by atoms with van der Waals surface area (Å²) in [5.41, 5.74) is 3.62. The van der Waals surface area contributed by atoms with Crippen LogP contribution in [0.2, 0.25) is 0 Å². The molecule has 0 bridgehead atoms. The summed E-state index contributed by atoms with van der Waals surface area (Å²) in [6, 6.07) is 11.8. The van der Waals surface area contributed by atoms with Gasteiger partial charge < -0.3 is 5.32 Å². The summed E-state index contributed by atoms with van der Waals surface area (Å²) in [5, 5.41) is 4.84. The van der Waals surface area contributed by atoms with Crippen molar-refractivity contribution in [3.63, 3.8) is 0 Å². The summed E-state index contributed by atoms with van der Waals surface area (Å²) in [5.74, 6) is 0.608. The van der Waals surface area contributed by atoms with E-state index >= 15 is 0 Å². The van der Waals surface area contributed by atoms with Crippen LogP contribution in [-0.4, -0.2) is 17.6 Å². The number of aromatic nitrogens is 1. The van der Waals surface area contributed by atoms with Gasteiger partial charge >= 0.3 is 0 Å². The number of hydrogen-bond acceptors (Lipinski definition) is 2. The maximum Gasteiger partial charge on any atom is 0.0705 e. The lowest BCUT2D eigenvalue weighted by atomic mass is 9.96. The number of aryl methyl sites for hydroxylation is 1. The molecule has 0 aliphatic heterocycles. The van der Waals surface area contributed by atoms with Gasteiger partial charge in [-0.2, -0.15) is 0 Å². The second kappa shape index (κ2) is 5.30. The first kappa shape index (κ1) is 12.6. The van der Waals surface area contributed by atoms with Crippen molar-refractivity contribution in [3.8, 4) is 0 Å². The lowest BCUT2D eigenvalue weighted by Crippen LogP contribution is -2.18. The molecule has 1 heterocycles. The van der Waals surface area contributed by atoms with Gasteiger partial charge in [0.1, 0.15) is 0 Å². The predicted octanol–water partition coefficient (Wildman–Crippen LogP) is 3.79. The summed E-state index contributed by atoms with van der Waals surface area (Å²) in [6.07, 6.45) is 3.95. The number of nitrogens with one attached hydrogen (secondary N) is 1. The topological polar surface area (TPSA) is 24.9 Å². The lowest BCUT2D eigenvalue weighted by Gasteiger charge is -2.13. The summed E-state index contributed by atoms with van der Waals surface area (Å²) >= 11 is 0. The lowest BCUT2D eigenvalue weighted by molar-refractivity contribution is 0.592. The molecular formula is C17H22N2. The van der Waals surface area contributed by atoms with Crippen molar-refractivity contribution in [1.29, 1.82) is 0 Å². The highest BCUT2D eigenvalue weighted by Crippen LogP contribution is 2.24. The molecule has 1 aromatic carbocycles. The molecule has 1 unspecified atom stereocenters. The second-order valence-corrected chi connectivity index (χ2v) is 5.82. The molecule has 1 aromatic heterocycles. The zero-order valence-electron chi connectivity index (χ0n) is 11.8. The number of benzene rings is 1. The van der Waals surface area contributed by atoms with Crippen LogP contribution in [0.5, 0.6) is 0 Å². The van der Waals surface area contributed by atoms with Crippen LogP contribution in [-0.2, 0) is 0 Å². The zero-order valence-corrected chi connectivity index (χ0v) is 11.8. The number of pyridine rings is 1. The minimum absolute atomic E-state index is 0.608. The van der Waals surface area contributed by atoms with Crippen molar-refractivity contribution in [2.45, 2.75) is 45.1 Å². The van der Waals surface area contributed by atoms with E-state index in [2.05, 4.69) is 47.6 Å². The first-order valence-corrected chi connectivity index (χ1v) is 7.33. The quantitative estimate of drug-likeness (QED) is 0.878. The summed E-state index contributed by atoms with van der Waals surface area (Å²) in [4.78, 5) is 4.56. The van der Waals surface area contributed by atoms with E-state index in [0.29, 0.717) is 5.92 Å². The number of hydrogen-bond donors (Lipinski definition) is 1. The SMILES string of the molecule is Cc1ccc2cc(C(C)CCNC3CC3)ccc2n1. The van der Waals surface area contributed by atoms with Crippen LogP contribution in [0.15, 0.2) is 30.3 Å². The Morgan fingerprint density at radius 3 is 2.89 bits per heavy atom. The molecule has 2 heteroatoms. The fraction of sp³-hybridized carbons (Fsp3) is 0.471. The van der Waals surface area contributed by atoms with Gasteiger partial charge in [0.05, 0.1) is 5.52 Å². The minimum atomic E-state index is 0.608. The fourth-order valence-corrected chi connectivity index (χ4v) is 2.51. The number of nitrogens with zero attached hydrogens (tertiary/aromatic N) is 1. The van der Waals surface area contributed by atoms with Gasteiger partial charge in [-0.15, -0.1) is 0 Å². The van der Waals surface area contributed by atoms with Crippen LogP contribution in [0.1, 0.15) is 43.4 Å². The Kier molecular flexibility index (Phi) is 3.52. The Bertz CT molecular complexity index is 572. The van der Waals surface area contributed by atoms with E-state index in [-0.39, 0.29) is 0 Å². The molecule has 1 aliphatic rings. The van der Waals surface area contributed by atoms with Gasteiger partial charge in [-0.1, -0.05) is 19.1 Å². The highest BCUT2D eigenvalue weighted by atomic mass is 14.9. The maximum atomic E-state index is 4.56. The van der Waals surface area contributed by atoms with E-state index in [1.807, 2.05) is 6.92 Å². The highest BCUT2D eigenvalue weighted by Gasteiger charge is 2.20. The summed E-state index contributed by atoms with van der Waals surface area (Å²) in [6.45, 7) is 5.49. The summed E-state index contributed by atoms with van der Waals surface area (Å²) in [7, 11) is 0. The van der Waals surface area contributed by atoms with E-state index in [1.165, 1.54) is 30.2 Å². The van der Waals surface area contributed by atoms with Gasteiger partial charge in [0.25, 0.3) is 0 Å². The van der Waals surface area contributed by atoms with E-state index < -0.39 is 0 Å².